The Balaban J connectivity index is 3.65. The highest BCUT2D eigenvalue weighted by Crippen LogP contribution is 2.47. The molecule has 9 nitrogen and oxygen atoms in total. The van der Waals surface area contributed by atoms with Crippen molar-refractivity contribution in [3.8, 4) is 17.2 Å². The average Bonchev–Trinajstić information content (AvgIpc) is 2.12. The van der Waals surface area contributed by atoms with Crippen LogP contribution in [-0.4, -0.2) is 25.2 Å². The molecule has 0 unspecified atom stereocenters. The molecule has 0 aliphatic rings. The van der Waals surface area contributed by atoms with Crippen LogP contribution in [-0.2, 0) is 0 Å². The van der Waals surface area contributed by atoms with E-state index in [1.165, 1.54) is 0 Å². The van der Waals surface area contributed by atoms with Gasteiger partial charge in [0.15, 0.2) is 5.75 Å². The molecule has 0 saturated carbocycles. The van der Waals surface area contributed by atoms with Gasteiger partial charge in [-0.2, -0.15) is 0 Å². The SMILES string of the molecule is O=[N+]([O-])c1cc(O)c(O)c(O)c1[N+](=O)[O-]. The minimum atomic E-state index is -1.34. The van der Waals surface area contributed by atoms with Gasteiger partial charge in [-0.05, 0) is 0 Å². The number of rotatable bonds is 2. The Morgan fingerprint density at radius 2 is 1.53 bits per heavy atom. The van der Waals surface area contributed by atoms with Crippen molar-refractivity contribution in [2.24, 2.45) is 0 Å². The number of hydrogen-bond acceptors (Lipinski definition) is 7. The quantitative estimate of drug-likeness (QED) is 0.372. The van der Waals surface area contributed by atoms with Crippen LogP contribution >= 0.6 is 0 Å². The summed E-state index contributed by atoms with van der Waals surface area (Å²) >= 11 is 0. The van der Waals surface area contributed by atoms with Crippen LogP contribution in [0.5, 0.6) is 17.2 Å². The molecule has 80 valence electrons. The Labute approximate surface area is 81.1 Å². The Morgan fingerprint density at radius 1 is 1.00 bits per heavy atom. The van der Waals surface area contributed by atoms with E-state index in [4.69, 9.17) is 15.3 Å². The topological polar surface area (TPSA) is 147 Å². The van der Waals surface area contributed by atoms with E-state index in [0.29, 0.717) is 6.07 Å². The molecule has 3 N–H and O–H groups in total. The van der Waals surface area contributed by atoms with Gasteiger partial charge >= 0.3 is 11.4 Å². The van der Waals surface area contributed by atoms with Crippen LogP contribution in [0.4, 0.5) is 11.4 Å². The third kappa shape index (κ3) is 1.57. The summed E-state index contributed by atoms with van der Waals surface area (Å²) in [5.74, 6) is -3.52. The second kappa shape index (κ2) is 3.29. The second-order valence-corrected chi connectivity index (χ2v) is 2.47. The lowest BCUT2D eigenvalue weighted by Crippen LogP contribution is -1.97. The fourth-order valence-electron chi connectivity index (χ4n) is 0.940. The molecule has 0 aliphatic heterocycles. The zero-order valence-electron chi connectivity index (χ0n) is 6.95. The normalized spacial score (nSPS) is 9.87. The molecular formula is C6H4N2O7. The number of nitro benzene ring substituents is 2. The number of phenolic OH excluding ortho intramolecular Hbond substituents is 3. The van der Waals surface area contributed by atoms with Gasteiger partial charge in [-0.15, -0.1) is 0 Å². The average molecular weight is 216 g/mol. The van der Waals surface area contributed by atoms with Crippen molar-refractivity contribution in [3.63, 3.8) is 0 Å². The van der Waals surface area contributed by atoms with E-state index < -0.39 is 38.5 Å². The van der Waals surface area contributed by atoms with Gasteiger partial charge in [0, 0.05) is 0 Å². The minimum absolute atomic E-state index is 0.382. The molecule has 0 atom stereocenters. The van der Waals surface area contributed by atoms with Crippen LogP contribution in [0.2, 0.25) is 0 Å². The lowest BCUT2D eigenvalue weighted by atomic mass is 10.2. The van der Waals surface area contributed by atoms with Crippen LogP contribution in [0, 0.1) is 20.2 Å². The van der Waals surface area contributed by atoms with Crippen LogP contribution < -0.4 is 0 Å². The maximum atomic E-state index is 10.4. The van der Waals surface area contributed by atoms with Crippen LogP contribution in [0.3, 0.4) is 0 Å². The number of aromatic hydroxyl groups is 3. The molecule has 0 spiro atoms. The van der Waals surface area contributed by atoms with E-state index in [0.717, 1.165) is 0 Å². The molecule has 0 radical (unpaired) electrons. The van der Waals surface area contributed by atoms with E-state index in [1.807, 2.05) is 0 Å². The maximum absolute atomic E-state index is 10.4. The Kier molecular flexibility index (Phi) is 2.30. The molecule has 1 aromatic rings. The summed E-state index contributed by atoms with van der Waals surface area (Å²) in [6, 6.07) is 0.382. The van der Waals surface area contributed by atoms with Crippen molar-refractivity contribution >= 4 is 11.4 Å². The summed E-state index contributed by atoms with van der Waals surface area (Å²) in [5, 5.41) is 47.5. The third-order valence-corrected chi connectivity index (χ3v) is 1.59. The standard InChI is InChI=1S/C6H4N2O7/c9-3-1-2(7(12)13)4(8(14)15)6(11)5(3)10/h1,9-11H. The largest absolute Gasteiger partial charge is 0.504 e. The van der Waals surface area contributed by atoms with Crippen molar-refractivity contribution in [2.75, 3.05) is 0 Å². The van der Waals surface area contributed by atoms with Crippen molar-refractivity contribution in [2.45, 2.75) is 0 Å². The van der Waals surface area contributed by atoms with Crippen LogP contribution in [0.25, 0.3) is 0 Å². The lowest BCUT2D eigenvalue weighted by molar-refractivity contribution is -0.423. The number of nitro groups is 2. The number of phenols is 3. The minimum Gasteiger partial charge on any atom is -0.504 e. The highest BCUT2D eigenvalue weighted by atomic mass is 16.6. The molecule has 0 fully saturated rings. The van der Waals surface area contributed by atoms with Gasteiger partial charge < -0.3 is 15.3 Å². The summed E-state index contributed by atoms with van der Waals surface area (Å²) in [5.41, 5.74) is -2.37. The van der Waals surface area contributed by atoms with Gasteiger partial charge in [-0.1, -0.05) is 0 Å². The first-order chi connectivity index (χ1) is 6.86. The molecule has 15 heavy (non-hydrogen) atoms. The first kappa shape index (κ1) is 10.5. The van der Waals surface area contributed by atoms with Gasteiger partial charge in [0.25, 0.3) is 0 Å². The van der Waals surface area contributed by atoms with E-state index in [-0.39, 0.29) is 0 Å². The molecule has 0 aromatic heterocycles. The molecule has 1 aromatic carbocycles. The van der Waals surface area contributed by atoms with Gasteiger partial charge in [0.05, 0.1) is 15.9 Å². The molecule has 1 rings (SSSR count). The van der Waals surface area contributed by atoms with E-state index >= 15 is 0 Å². The zero-order valence-corrected chi connectivity index (χ0v) is 6.95. The highest BCUT2D eigenvalue weighted by molar-refractivity contribution is 5.70. The fraction of sp³-hybridized carbons (Fsp3) is 0. The van der Waals surface area contributed by atoms with Crippen LogP contribution in [0.15, 0.2) is 6.07 Å². The van der Waals surface area contributed by atoms with Crippen molar-refractivity contribution < 1.29 is 25.2 Å². The van der Waals surface area contributed by atoms with Crippen molar-refractivity contribution in [1.82, 2.24) is 0 Å². The summed E-state index contributed by atoms with van der Waals surface area (Å²) in [4.78, 5) is 18.3. The highest BCUT2D eigenvalue weighted by Gasteiger charge is 2.33. The predicted octanol–water partition coefficient (Wildman–Crippen LogP) is 0.620. The van der Waals surface area contributed by atoms with Crippen molar-refractivity contribution in [1.29, 1.82) is 0 Å². The fourth-order valence-corrected chi connectivity index (χ4v) is 0.940. The Hall–Kier alpha value is -2.58. The predicted molar refractivity (Wildman–Crippen MR) is 44.7 cm³/mol. The molecule has 0 amide bonds. The van der Waals surface area contributed by atoms with Crippen molar-refractivity contribution in [3.05, 3.63) is 26.3 Å². The van der Waals surface area contributed by atoms with Gasteiger partial charge in [0.2, 0.25) is 11.5 Å². The first-order valence-corrected chi connectivity index (χ1v) is 3.43. The smallest absolute Gasteiger partial charge is 0.391 e. The first-order valence-electron chi connectivity index (χ1n) is 3.43. The number of nitrogens with zero attached hydrogens (tertiary/aromatic N) is 2. The molecule has 0 heterocycles. The Bertz CT molecular complexity index is 455. The Morgan fingerprint density at radius 3 is 1.93 bits per heavy atom. The summed E-state index contributed by atoms with van der Waals surface area (Å²) in [7, 11) is 0. The third-order valence-electron chi connectivity index (χ3n) is 1.59. The number of benzene rings is 1. The molecule has 0 aliphatic carbocycles. The van der Waals surface area contributed by atoms with Gasteiger partial charge in [0.1, 0.15) is 0 Å². The maximum Gasteiger partial charge on any atom is 0.391 e. The lowest BCUT2D eigenvalue weighted by Gasteiger charge is -2.01. The van der Waals surface area contributed by atoms with E-state index in [2.05, 4.69) is 0 Å². The molecule has 9 heteroatoms. The summed E-state index contributed by atoms with van der Waals surface area (Å²) in [6.07, 6.45) is 0. The van der Waals surface area contributed by atoms with Gasteiger partial charge in [-0.25, -0.2) is 0 Å². The number of hydrogen-bond donors (Lipinski definition) is 3. The van der Waals surface area contributed by atoms with E-state index in [9.17, 15) is 20.2 Å². The zero-order chi connectivity index (χ0) is 11.7. The summed E-state index contributed by atoms with van der Waals surface area (Å²) in [6.45, 7) is 0. The second-order valence-electron chi connectivity index (χ2n) is 2.47. The molecule has 0 saturated heterocycles. The monoisotopic (exact) mass is 216 g/mol. The van der Waals surface area contributed by atoms with Crippen LogP contribution in [0.1, 0.15) is 0 Å². The molecule has 0 bridgehead atoms. The summed E-state index contributed by atoms with van der Waals surface area (Å²) < 4.78 is 0. The van der Waals surface area contributed by atoms with E-state index in [1.54, 1.807) is 0 Å². The molecular weight excluding hydrogens is 212 g/mol. The van der Waals surface area contributed by atoms with Gasteiger partial charge in [-0.3, -0.25) is 20.2 Å².